The molecule has 0 aliphatic rings. The first kappa shape index (κ1) is 8.27. The Balaban J connectivity index is 3.05. The number of halogens is 2. The number of rotatable bonds is 2. The maximum absolute atomic E-state index is 5.31. The normalized spacial score (nSPS) is 9.38. The molecule has 0 aliphatic heterocycles. The van der Waals surface area contributed by atoms with Gasteiger partial charge in [0.15, 0.2) is 5.11 Å². The monoisotopic (exact) mass is 172 g/mol. The molecule has 3 N–H and O–H groups in total. The van der Waals surface area contributed by atoms with Crippen LogP contribution in [0.5, 0.6) is 0 Å². The van der Waals surface area contributed by atoms with Crippen molar-refractivity contribution in [1.82, 2.24) is 5.32 Å². The largest absolute Gasteiger partial charge is 0.376 e. The third-order valence-electron chi connectivity index (χ3n) is 0.431. The zero-order valence-electron chi connectivity index (χ0n) is 4.03. The third-order valence-corrected chi connectivity index (χ3v) is 0.884. The lowest BCUT2D eigenvalue weighted by atomic mass is 10.7. The molecule has 0 saturated carbocycles. The van der Waals surface area contributed by atoms with Gasteiger partial charge in [-0.2, -0.15) is 0 Å². The van der Waals surface area contributed by atoms with Crippen LogP contribution in [0.15, 0.2) is 0 Å². The summed E-state index contributed by atoms with van der Waals surface area (Å²) in [6.45, 7) is 0.401. The zero-order chi connectivity index (χ0) is 6.57. The van der Waals surface area contributed by atoms with E-state index in [2.05, 4.69) is 17.5 Å². The van der Waals surface area contributed by atoms with Crippen LogP contribution in [0.1, 0.15) is 0 Å². The van der Waals surface area contributed by atoms with Gasteiger partial charge in [-0.1, -0.05) is 0 Å². The van der Waals surface area contributed by atoms with Crippen LogP contribution in [-0.4, -0.2) is 16.5 Å². The summed E-state index contributed by atoms with van der Waals surface area (Å²) in [5.74, 6) is 0. The average molecular weight is 173 g/mol. The molecule has 0 bridgehead atoms. The van der Waals surface area contributed by atoms with Gasteiger partial charge in [-0.25, -0.2) is 0 Å². The average Bonchev–Trinajstić information content (AvgIpc) is 1.61. The van der Waals surface area contributed by atoms with Gasteiger partial charge in [0.1, 0.15) is 4.84 Å². The molecule has 0 heterocycles. The van der Waals surface area contributed by atoms with Gasteiger partial charge < -0.3 is 11.1 Å². The molecule has 0 saturated heterocycles. The Kier molecular flexibility index (Phi) is 4.32. The number of nitrogens with two attached hydrogens (primary N) is 1. The Labute approximate surface area is 63.3 Å². The molecular formula is C3H6Cl2N2S. The first-order chi connectivity index (χ1) is 3.63. The van der Waals surface area contributed by atoms with E-state index in [0.29, 0.717) is 6.54 Å². The van der Waals surface area contributed by atoms with Crippen molar-refractivity contribution >= 4 is 40.5 Å². The lowest BCUT2D eigenvalue weighted by Crippen LogP contribution is -2.32. The first-order valence-corrected chi connectivity index (χ1v) is 3.22. The molecule has 0 spiro atoms. The Morgan fingerprint density at radius 3 is 2.38 bits per heavy atom. The summed E-state index contributed by atoms with van der Waals surface area (Å²) in [5.41, 5.74) is 5.04. The number of hydrogen-bond acceptors (Lipinski definition) is 1. The predicted molar refractivity (Wildman–Crippen MR) is 40.3 cm³/mol. The SMILES string of the molecule is NC(=S)NCC(Cl)Cl. The lowest BCUT2D eigenvalue weighted by molar-refractivity contribution is 0.944. The van der Waals surface area contributed by atoms with Crippen molar-refractivity contribution in [3.63, 3.8) is 0 Å². The second-order valence-electron chi connectivity index (χ2n) is 1.14. The third kappa shape index (κ3) is 6.27. The molecule has 48 valence electrons. The Hall–Kier alpha value is 0.270. The summed E-state index contributed by atoms with van der Waals surface area (Å²) in [6, 6.07) is 0. The smallest absolute Gasteiger partial charge is 0.163 e. The zero-order valence-corrected chi connectivity index (χ0v) is 6.35. The van der Waals surface area contributed by atoms with Crippen LogP contribution >= 0.6 is 35.4 Å². The van der Waals surface area contributed by atoms with Crippen LogP contribution in [-0.2, 0) is 0 Å². The highest BCUT2D eigenvalue weighted by molar-refractivity contribution is 7.80. The molecule has 0 unspecified atom stereocenters. The minimum Gasteiger partial charge on any atom is -0.376 e. The van der Waals surface area contributed by atoms with E-state index >= 15 is 0 Å². The van der Waals surface area contributed by atoms with E-state index in [0.717, 1.165) is 0 Å². The fraction of sp³-hybridized carbons (Fsp3) is 0.667. The van der Waals surface area contributed by atoms with Crippen LogP contribution in [0.25, 0.3) is 0 Å². The van der Waals surface area contributed by atoms with Gasteiger partial charge in [-0.05, 0) is 12.2 Å². The van der Waals surface area contributed by atoms with E-state index in [1.807, 2.05) is 0 Å². The van der Waals surface area contributed by atoms with Crippen LogP contribution in [0.2, 0.25) is 0 Å². The fourth-order valence-electron chi connectivity index (χ4n) is 0.178. The molecule has 0 aromatic rings. The van der Waals surface area contributed by atoms with E-state index < -0.39 is 4.84 Å². The van der Waals surface area contributed by atoms with Crippen molar-refractivity contribution < 1.29 is 0 Å². The van der Waals surface area contributed by atoms with Crippen LogP contribution in [0, 0.1) is 0 Å². The quantitative estimate of drug-likeness (QED) is 0.475. The molecule has 5 heteroatoms. The molecule has 2 nitrogen and oxygen atoms in total. The van der Waals surface area contributed by atoms with Crippen molar-refractivity contribution in [2.45, 2.75) is 4.84 Å². The molecule has 0 atom stereocenters. The molecule has 0 amide bonds. The van der Waals surface area contributed by atoms with Gasteiger partial charge in [0.05, 0.1) is 0 Å². The Bertz CT molecular complexity index is 85.4. The van der Waals surface area contributed by atoms with E-state index in [4.69, 9.17) is 28.9 Å². The van der Waals surface area contributed by atoms with Crippen LogP contribution < -0.4 is 11.1 Å². The van der Waals surface area contributed by atoms with Gasteiger partial charge in [-0.15, -0.1) is 23.2 Å². The molecule has 8 heavy (non-hydrogen) atoms. The van der Waals surface area contributed by atoms with E-state index in [1.165, 1.54) is 0 Å². The van der Waals surface area contributed by atoms with Crippen molar-refractivity contribution in [3.05, 3.63) is 0 Å². The number of hydrogen-bond donors (Lipinski definition) is 2. The summed E-state index contributed by atoms with van der Waals surface area (Å²) in [4.78, 5) is -0.448. The summed E-state index contributed by atoms with van der Waals surface area (Å²) in [6.07, 6.45) is 0. The van der Waals surface area contributed by atoms with Crippen LogP contribution in [0.3, 0.4) is 0 Å². The van der Waals surface area contributed by atoms with Crippen LogP contribution in [0.4, 0.5) is 0 Å². The highest BCUT2D eigenvalue weighted by atomic mass is 35.5. The minimum absolute atomic E-state index is 0.219. The molecular weight excluding hydrogens is 167 g/mol. The van der Waals surface area contributed by atoms with Gasteiger partial charge in [0.2, 0.25) is 0 Å². The Morgan fingerprint density at radius 2 is 2.25 bits per heavy atom. The summed E-state index contributed by atoms with van der Waals surface area (Å²) < 4.78 is 0. The number of thiocarbonyl (C=S) groups is 1. The van der Waals surface area contributed by atoms with Crippen molar-refractivity contribution in [1.29, 1.82) is 0 Å². The van der Waals surface area contributed by atoms with Gasteiger partial charge in [-0.3, -0.25) is 0 Å². The number of alkyl halides is 2. The minimum atomic E-state index is -0.448. The molecule has 0 aromatic heterocycles. The van der Waals surface area contributed by atoms with E-state index in [1.54, 1.807) is 0 Å². The van der Waals surface area contributed by atoms with Crippen molar-refractivity contribution in [2.75, 3.05) is 6.54 Å². The van der Waals surface area contributed by atoms with E-state index in [9.17, 15) is 0 Å². The summed E-state index contributed by atoms with van der Waals surface area (Å²) in [7, 11) is 0. The van der Waals surface area contributed by atoms with Crippen molar-refractivity contribution in [2.24, 2.45) is 5.73 Å². The van der Waals surface area contributed by atoms with Gasteiger partial charge in [0, 0.05) is 6.54 Å². The number of nitrogens with one attached hydrogen (secondary N) is 1. The topological polar surface area (TPSA) is 38.0 Å². The highest BCUT2D eigenvalue weighted by Crippen LogP contribution is 1.97. The van der Waals surface area contributed by atoms with E-state index in [-0.39, 0.29) is 5.11 Å². The fourth-order valence-corrected chi connectivity index (χ4v) is 0.415. The maximum Gasteiger partial charge on any atom is 0.163 e. The second kappa shape index (κ2) is 4.18. The molecule has 0 rings (SSSR count). The molecule has 0 aliphatic carbocycles. The maximum atomic E-state index is 5.31. The Morgan fingerprint density at radius 1 is 1.75 bits per heavy atom. The summed E-state index contributed by atoms with van der Waals surface area (Å²) >= 11 is 15.1. The standard InChI is InChI=1S/C3H6Cl2N2S/c4-2(5)1-7-3(6)8/h2H,1H2,(H3,6,7,8). The molecule has 0 radical (unpaired) electrons. The summed E-state index contributed by atoms with van der Waals surface area (Å²) in [5, 5.41) is 2.81. The van der Waals surface area contributed by atoms with Gasteiger partial charge in [0.25, 0.3) is 0 Å². The molecule has 0 fully saturated rings. The second-order valence-corrected chi connectivity index (χ2v) is 2.85. The van der Waals surface area contributed by atoms with Crippen molar-refractivity contribution in [3.8, 4) is 0 Å². The first-order valence-electron chi connectivity index (χ1n) is 1.94. The molecule has 0 aromatic carbocycles. The highest BCUT2D eigenvalue weighted by Gasteiger charge is 1.95. The van der Waals surface area contributed by atoms with Gasteiger partial charge >= 0.3 is 0 Å². The predicted octanol–water partition coefficient (Wildman–Crippen LogP) is 0.623. The lowest BCUT2D eigenvalue weighted by Gasteiger charge is -2.01.